The summed E-state index contributed by atoms with van der Waals surface area (Å²) in [6, 6.07) is 17.2. The Morgan fingerprint density at radius 3 is 2.30 bits per heavy atom. The molecule has 0 aliphatic rings. The zero-order chi connectivity index (χ0) is 14.4. The second kappa shape index (κ2) is 6.73. The van der Waals surface area contributed by atoms with E-state index in [2.05, 4.69) is 5.32 Å². The highest BCUT2D eigenvalue weighted by atomic mass is 16.1. The van der Waals surface area contributed by atoms with Crippen molar-refractivity contribution in [2.45, 2.75) is 12.5 Å². The molecule has 4 nitrogen and oxygen atoms in total. The van der Waals surface area contributed by atoms with E-state index in [-0.39, 0.29) is 6.04 Å². The van der Waals surface area contributed by atoms with Crippen LogP contribution in [0, 0.1) is 0 Å². The van der Waals surface area contributed by atoms with Gasteiger partial charge in [0.1, 0.15) is 0 Å². The van der Waals surface area contributed by atoms with E-state index in [4.69, 9.17) is 11.5 Å². The van der Waals surface area contributed by atoms with Crippen LogP contribution in [0.15, 0.2) is 54.6 Å². The molecular weight excluding hydrogens is 250 g/mol. The van der Waals surface area contributed by atoms with Crippen molar-refractivity contribution in [2.75, 3.05) is 11.9 Å². The number of primary amides is 1. The van der Waals surface area contributed by atoms with Gasteiger partial charge in [-0.05, 0) is 36.2 Å². The highest BCUT2D eigenvalue weighted by molar-refractivity contribution is 5.93. The van der Waals surface area contributed by atoms with Crippen molar-refractivity contribution in [1.82, 2.24) is 0 Å². The summed E-state index contributed by atoms with van der Waals surface area (Å²) in [6.45, 7) is 0.770. The third-order valence-electron chi connectivity index (χ3n) is 3.18. The quantitative estimate of drug-likeness (QED) is 0.752. The lowest BCUT2D eigenvalue weighted by Gasteiger charge is -2.13. The van der Waals surface area contributed by atoms with Gasteiger partial charge in [-0.15, -0.1) is 0 Å². The molecule has 2 aromatic carbocycles. The van der Waals surface area contributed by atoms with E-state index in [1.807, 2.05) is 42.5 Å². The number of nitrogens with one attached hydrogen (secondary N) is 1. The summed E-state index contributed by atoms with van der Waals surface area (Å²) in [4.78, 5) is 11.0. The summed E-state index contributed by atoms with van der Waals surface area (Å²) in [5.41, 5.74) is 13.9. The average Bonchev–Trinajstić information content (AvgIpc) is 2.48. The molecule has 5 N–H and O–H groups in total. The molecule has 2 aromatic rings. The van der Waals surface area contributed by atoms with Gasteiger partial charge in [-0.2, -0.15) is 0 Å². The molecule has 2 rings (SSSR count). The molecule has 1 unspecified atom stereocenters. The maximum atomic E-state index is 11.0. The van der Waals surface area contributed by atoms with Crippen molar-refractivity contribution < 1.29 is 4.79 Å². The summed E-state index contributed by atoms with van der Waals surface area (Å²) in [5, 5.41) is 3.28. The van der Waals surface area contributed by atoms with Gasteiger partial charge in [-0.25, -0.2) is 0 Å². The Morgan fingerprint density at radius 1 is 1.05 bits per heavy atom. The monoisotopic (exact) mass is 269 g/mol. The van der Waals surface area contributed by atoms with Gasteiger partial charge in [0.2, 0.25) is 5.91 Å². The first-order valence-electron chi connectivity index (χ1n) is 6.61. The summed E-state index contributed by atoms with van der Waals surface area (Å²) < 4.78 is 0. The standard InChI is InChI=1S/C16H19N3O/c17-15(12-4-2-1-3-5-12)10-11-19-14-8-6-13(7-9-14)16(18)20/h1-9,15,19H,10-11,17H2,(H2,18,20). The topological polar surface area (TPSA) is 81.1 Å². The van der Waals surface area contributed by atoms with Crippen molar-refractivity contribution >= 4 is 11.6 Å². The van der Waals surface area contributed by atoms with Crippen LogP contribution in [0.25, 0.3) is 0 Å². The number of rotatable bonds is 6. The summed E-state index contributed by atoms with van der Waals surface area (Å²) in [7, 11) is 0. The minimum Gasteiger partial charge on any atom is -0.385 e. The molecule has 0 spiro atoms. The fraction of sp³-hybridized carbons (Fsp3) is 0.188. The number of benzene rings is 2. The number of anilines is 1. The van der Waals surface area contributed by atoms with E-state index in [9.17, 15) is 4.79 Å². The second-order valence-electron chi connectivity index (χ2n) is 4.67. The van der Waals surface area contributed by atoms with Crippen LogP contribution in [0.5, 0.6) is 0 Å². The van der Waals surface area contributed by atoms with Gasteiger partial charge in [0.05, 0.1) is 0 Å². The molecule has 0 heterocycles. The molecule has 0 aliphatic carbocycles. The van der Waals surface area contributed by atoms with Crippen LogP contribution in [0.2, 0.25) is 0 Å². The highest BCUT2D eigenvalue weighted by Gasteiger charge is 2.05. The molecule has 0 fully saturated rings. The summed E-state index contributed by atoms with van der Waals surface area (Å²) in [5.74, 6) is -0.414. The molecule has 4 heteroatoms. The Balaban J connectivity index is 1.82. The predicted octanol–water partition coefficient (Wildman–Crippen LogP) is 2.29. The van der Waals surface area contributed by atoms with Crippen LogP contribution < -0.4 is 16.8 Å². The zero-order valence-electron chi connectivity index (χ0n) is 11.3. The molecule has 104 valence electrons. The molecule has 0 radical (unpaired) electrons. The lowest BCUT2D eigenvalue weighted by Crippen LogP contribution is -2.15. The van der Waals surface area contributed by atoms with Gasteiger partial charge in [-0.1, -0.05) is 30.3 Å². The van der Waals surface area contributed by atoms with Crippen LogP contribution in [0.1, 0.15) is 28.4 Å². The van der Waals surface area contributed by atoms with E-state index in [1.54, 1.807) is 12.1 Å². The second-order valence-corrected chi connectivity index (χ2v) is 4.67. The molecule has 0 saturated carbocycles. The fourth-order valence-corrected chi connectivity index (χ4v) is 1.99. The predicted molar refractivity (Wildman–Crippen MR) is 81.4 cm³/mol. The molecule has 1 amide bonds. The van der Waals surface area contributed by atoms with Crippen LogP contribution in [0.4, 0.5) is 5.69 Å². The van der Waals surface area contributed by atoms with Gasteiger partial charge in [0, 0.05) is 23.8 Å². The van der Waals surface area contributed by atoms with Gasteiger partial charge < -0.3 is 16.8 Å². The van der Waals surface area contributed by atoms with Crippen molar-refractivity contribution in [1.29, 1.82) is 0 Å². The Labute approximate surface area is 118 Å². The van der Waals surface area contributed by atoms with Crippen LogP contribution in [0.3, 0.4) is 0 Å². The maximum absolute atomic E-state index is 11.0. The zero-order valence-corrected chi connectivity index (χ0v) is 11.3. The minimum atomic E-state index is -0.414. The Bertz CT molecular complexity index is 552. The average molecular weight is 269 g/mol. The van der Waals surface area contributed by atoms with Crippen LogP contribution in [-0.4, -0.2) is 12.5 Å². The minimum absolute atomic E-state index is 0.0218. The van der Waals surface area contributed by atoms with E-state index >= 15 is 0 Å². The highest BCUT2D eigenvalue weighted by Crippen LogP contribution is 2.14. The third kappa shape index (κ3) is 3.83. The Hall–Kier alpha value is -2.33. The first kappa shape index (κ1) is 14.1. The molecular formula is C16H19N3O. The van der Waals surface area contributed by atoms with E-state index in [1.165, 1.54) is 0 Å². The SMILES string of the molecule is NC(=O)c1ccc(NCCC(N)c2ccccc2)cc1. The van der Waals surface area contributed by atoms with E-state index in [0.29, 0.717) is 5.56 Å². The van der Waals surface area contributed by atoms with Crippen molar-refractivity contribution in [3.05, 3.63) is 65.7 Å². The van der Waals surface area contributed by atoms with Gasteiger partial charge in [0.15, 0.2) is 0 Å². The summed E-state index contributed by atoms with van der Waals surface area (Å²) in [6.07, 6.45) is 0.835. The lowest BCUT2D eigenvalue weighted by molar-refractivity contribution is 0.100. The lowest BCUT2D eigenvalue weighted by atomic mass is 10.1. The molecule has 20 heavy (non-hydrogen) atoms. The summed E-state index contributed by atoms with van der Waals surface area (Å²) >= 11 is 0. The smallest absolute Gasteiger partial charge is 0.248 e. The van der Waals surface area contributed by atoms with Crippen LogP contribution in [-0.2, 0) is 0 Å². The number of carbonyl (C=O) groups excluding carboxylic acids is 1. The first-order chi connectivity index (χ1) is 9.66. The molecule has 1 atom stereocenters. The van der Waals surface area contributed by atoms with Crippen LogP contribution >= 0.6 is 0 Å². The van der Waals surface area contributed by atoms with Crippen molar-refractivity contribution in [3.63, 3.8) is 0 Å². The molecule has 0 bridgehead atoms. The molecule has 0 saturated heterocycles. The number of hydrogen-bond acceptors (Lipinski definition) is 3. The van der Waals surface area contributed by atoms with Gasteiger partial charge in [-0.3, -0.25) is 4.79 Å². The van der Waals surface area contributed by atoms with Crippen molar-refractivity contribution in [2.24, 2.45) is 11.5 Å². The molecule has 0 aromatic heterocycles. The Morgan fingerprint density at radius 2 is 1.70 bits per heavy atom. The number of hydrogen-bond donors (Lipinski definition) is 3. The fourth-order valence-electron chi connectivity index (χ4n) is 1.99. The normalized spacial score (nSPS) is 11.8. The Kier molecular flexibility index (Phi) is 4.74. The largest absolute Gasteiger partial charge is 0.385 e. The number of carbonyl (C=O) groups is 1. The molecule has 0 aliphatic heterocycles. The number of nitrogens with two attached hydrogens (primary N) is 2. The van der Waals surface area contributed by atoms with E-state index in [0.717, 1.165) is 24.2 Å². The van der Waals surface area contributed by atoms with Gasteiger partial charge >= 0.3 is 0 Å². The van der Waals surface area contributed by atoms with Gasteiger partial charge in [0.25, 0.3) is 0 Å². The third-order valence-corrected chi connectivity index (χ3v) is 3.18. The first-order valence-corrected chi connectivity index (χ1v) is 6.61. The van der Waals surface area contributed by atoms with Crippen molar-refractivity contribution in [3.8, 4) is 0 Å². The van der Waals surface area contributed by atoms with E-state index < -0.39 is 5.91 Å². The maximum Gasteiger partial charge on any atom is 0.248 e. The number of amides is 1.